The molecule has 3 aromatic rings. The van der Waals surface area contributed by atoms with E-state index < -0.39 is 5.24 Å². The fourth-order valence-corrected chi connectivity index (χ4v) is 2.07. The number of rotatable bonds is 2. The monoisotopic (exact) mass is 293 g/mol. The molecule has 96 valence electrons. The maximum atomic E-state index is 11.4. The zero-order valence-corrected chi connectivity index (χ0v) is 11.2. The average molecular weight is 294 g/mol. The van der Waals surface area contributed by atoms with E-state index in [0.717, 1.165) is 11.1 Å². The third-order valence-corrected chi connectivity index (χ3v) is 2.92. The lowest BCUT2D eigenvalue weighted by Gasteiger charge is -2.02. The van der Waals surface area contributed by atoms with Gasteiger partial charge in [-0.3, -0.25) is 9.78 Å². The van der Waals surface area contributed by atoms with Crippen LogP contribution in [-0.4, -0.2) is 19.8 Å². The molecule has 0 amide bonds. The summed E-state index contributed by atoms with van der Waals surface area (Å²) < 4.78 is 1.83. The molecule has 0 aliphatic rings. The van der Waals surface area contributed by atoms with Crippen LogP contribution < -0.4 is 0 Å². The molecule has 0 aromatic carbocycles. The Hall–Kier alpha value is -1.91. The van der Waals surface area contributed by atoms with Crippen LogP contribution in [0.5, 0.6) is 0 Å². The van der Waals surface area contributed by atoms with E-state index >= 15 is 0 Å². The van der Waals surface area contributed by atoms with E-state index in [-0.39, 0.29) is 12.4 Å². The van der Waals surface area contributed by atoms with Gasteiger partial charge in [-0.15, -0.1) is 12.4 Å². The van der Waals surface area contributed by atoms with Gasteiger partial charge in [-0.2, -0.15) is 0 Å². The van der Waals surface area contributed by atoms with Crippen molar-refractivity contribution < 1.29 is 4.79 Å². The number of fused-ring (bicyclic) bond motifs is 1. The van der Waals surface area contributed by atoms with Crippen LogP contribution in [0.4, 0.5) is 0 Å². The van der Waals surface area contributed by atoms with Crippen molar-refractivity contribution in [2.24, 2.45) is 0 Å². The van der Waals surface area contributed by atoms with Crippen LogP contribution in [0.3, 0.4) is 0 Å². The first-order valence-corrected chi connectivity index (χ1v) is 5.71. The van der Waals surface area contributed by atoms with Crippen LogP contribution in [0.25, 0.3) is 16.7 Å². The average Bonchev–Trinajstić information content (AvgIpc) is 2.79. The second-order valence-electron chi connectivity index (χ2n) is 3.77. The molecule has 6 heteroatoms. The summed E-state index contributed by atoms with van der Waals surface area (Å²) in [5.74, 6) is 0. The van der Waals surface area contributed by atoms with Crippen molar-refractivity contribution in [3.8, 4) is 5.69 Å². The normalized spacial score (nSPS) is 10.2. The Balaban J connectivity index is 0.00000133. The lowest BCUT2D eigenvalue weighted by atomic mass is 10.2. The highest BCUT2D eigenvalue weighted by Gasteiger charge is 2.14. The number of pyridine rings is 2. The van der Waals surface area contributed by atoms with E-state index in [0.29, 0.717) is 11.2 Å². The minimum Gasteiger partial charge on any atom is -0.300 e. The summed E-state index contributed by atoms with van der Waals surface area (Å²) >= 11 is 5.59. The van der Waals surface area contributed by atoms with Crippen LogP contribution in [-0.2, 0) is 0 Å². The number of nitrogens with zero attached hydrogens (tertiary/aromatic N) is 3. The van der Waals surface area contributed by atoms with Crippen molar-refractivity contribution in [2.45, 2.75) is 0 Å². The number of hydrogen-bond donors (Lipinski definition) is 0. The van der Waals surface area contributed by atoms with E-state index in [1.54, 1.807) is 30.9 Å². The third-order valence-electron chi connectivity index (χ3n) is 2.72. The highest BCUT2D eigenvalue weighted by Crippen LogP contribution is 2.23. The minimum atomic E-state index is -0.485. The third kappa shape index (κ3) is 2.32. The molecule has 3 aromatic heterocycles. The van der Waals surface area contributed by atoms with Gasteiger partial charge in [0.05, 0.1) is 11.3 Å². The molecule has 0 aliphatic carbocycles. The first-order chi connectivity index (χ1) is 8.77. The highest BCUT2D eigenvalue weighted by atomic mass is 35.5. The Morgan fingerprint density at radius 2 is 1.89 bits per heavy atom. The maximum Gasteiger partial charge on any atom is 0.254 e. The van der Waals surface area contributed by atoms with Crippen molar-refractivity contribution in [3.63, 3.8) is 0 Å². The molecule has 19 heavy (non-hydrogen) atoms. The summed E-state index contributed by atoms with van der Waals surface area (Å²) in [7, 11) is 0. The van der Waals surface area contributed by atoms with Crippen molar-refractivity contribution in [3.05, 3.63) is 54.6 Å². The molecule has 0 saturated carbocycles. The Morgan fingerprint density at radius 1 is 1.16 bits per heavy atom. The summed E-state index contributed by atoms with van der Waals surface area (Å²) in [6, 6.07) is 7.30. The molecule has 0 saturated heterocycles. The van der Waals surface area contributed by atoms with Gasteiger partial charge in [-0.1, -0.05) is 0 Å². The number of halogens is 2. The molecule has 0 radical (unpaired) electrons. The predicted molar refractivity (Wildman–Crippen MR) is 76.3 cm³/mol. The molecule has 4 nitrogen and oxygen atoms in total. The Bertz CT molecular complexity index is 725. The quantitative estimate of drug-likeness (QED) is 0.682. The van der Waals surface area contributed by atoms with Crippen molar-refractivity contribution in [2.75, 3.05) is 0 Å². The molecule has 0 bridgehead atoms. The van der Waals surface area contributed by atoms with Gasteiger partial charge in [0.15, 0.2) is 0 Å². The fourth-order valence-electron chi connectivity index (χ4n) is 1.92. The molecular formula is C13H9Cl2N3O. The van der Waals surface area contributed by atoms with Gasteiger partial charge in [0, 0.05) is 30.2 Å². The number of aromatic nitrogens is 3. The molecule has 0 unspecified atom stereocenters. The van der Waals surface area contributed by atoms with E-state index in [1.807, 2.05) is 22.8 Å². The first-order valence-electron chi connectivity index (χ1n) is 5.33. The van der Waals surface area contributed by atoms with Gasteiger partial charge >= 0.3 is 0 Å². The first kappa shape index (κ1) is 13.5. The van der Waals surface area contributed by atoms with Gasteiger partial charge in [0.1, 0.15) is 5.65 Å². The van der Waals surface area contributed by atoms with Crippen LogP contribution in [0, 0.1) is 0 Å². The Morgan fingerprint density at radius 3 is 2.58 bits per heavy atom. The van der Waals surface area contributed by atoms with Crippen molar-refractivity contribution in [1.82, 2.24) is 14.5 Å². The minimum absolute atomic E-state index is 0. The molecule has 3 rings (SSSR count). The summed E-state index contributed by atoms with van der Waals surface area (Å²) in [6.07, 6.45) is 6.75. The molecule has 0 atom stereocenters. The SMILES string of the molecule is Cl.O=C(Cl)c1cn(-c2ccncc2)c2ncccc12. The number of hydrogen-bond acceptors (Lipinski definition) is 3. The van der Waals surface area contributed by atoms with E-state index in [4.69, 9.17) is 11.6 Å². The summed E-state index contributed by atoms with van der Waals surface area (Å²) in [5.41, 5.74) is 2.04. The van der Waals surface area contributed by atoms with Crippen molar-refractivity contribution >= 4 is 40.3 Å². The van der Waals surface area contributed by atoms with Gasteiger partial charge in [0.2, 0.25) is 0 Å². The zero-order valence-electron chi connectivity index (χ0n) is 9.65. The Labute approximate surface area is 120 Å². The molecule has 0 fully saturated rings. The van der Waals surface area contributed by atoms with Gasteiger partial charge < -0.3 is 4.57 Å². The van der Waals surface area contributed by atoms with Crippen LogP contribution >= 0.6 is 24.0 Å². The Kier molecular flexibility index (Phi) is 3.83. The van der Waals surface area contributed by atoms with Crippen molar-refractivity contribution in [1.29, 1.82) is 0 Å². The second-order valence-corrected chi connectivity index (χ2v) is 4.11. The van der Waals surface area contributed by atoms with Crippen LogP contribution in [0.2, 0.25) is 0 Å². The van der Waals surface area contributed by atoms with Crippen LogP contribution in [0.1, 0.15) is 10.4 Å². The standard InChI is InChI=1S/C13H8ClN3O.ClH/c14-12(18)11-8-17(9-3-6-15-7-4-9)13-10(11)2-1-5-16-13;/h1-8H;1H. The second kappa shape index (κ2) is 5.38. The predicted octanol–water partition coefficient (Wildman–Crippen LogP) is 3.22. The molecule has 3 heterocycles. The largest absolute Gasteiger partial charge is 0.300 e. The van der Waals surface area contributed by atoms with Gasteiger partial charge in [-0.25, -0.2) is 4.98 Å². The smallest absolute Gasteiger partial charge is 0.254 e. The molecular weight excluding hydrogens is 285 g/mol. The lowest BCUT2D eigenvalue weighted by molar-refractivity contribution is 0.108. The number of carbonyl (C=O) groups is 1. The fraction of sp³-hybridized carbons (Fsp3) is 0. The zero-order chi connectivity index (χ0) is 12.5. The van der Waals surface area contributed by atoms with Crippen LogP contribution in [0.15, 0.2) is 49.1 Å². The summed E-state index contributed by atoms with van der Waals surface area (Å²) in [5, 5.41) is 0.259. The highest BCUT2D eigenvalue weighted by molar-refractivity contribution is 6.68. The molecule has 0 N–H and O–H groups in total. The van der Waals surface area contributed by atoms with Gasteiger partial charge in [0.25, 0.3) is 5.24 Å². The molecule has 0 aliphatic heterocycles. The lowest BCUT2D eigenvalue weighted by Crippen LogP contribution is -1.93. The molecule has 0 spiro atoms. The van der Waals surface area contributed by atoms with E-state index in [2.05, 4.69) is 9.97 Å². The van der Waals surface area contributed by atoms with Gasteiger partial charge in [-0.05, 0) is 35.9 Å². The topological polar surface area (TPSA) is 47.8 Å². The van der Waals surface area contributed by atoms with E-state index in [1.165, 1.54) is 0 Å². The van der Waals surface area contributed by atoms with E-state index in [9.17, 15) is 4.79 Å². The summed E-state index contributed by atoms with van der Waals surface area (Å²) in [4.78, 5) is 19.7. The summed E-state index contributed by atoms with van der Waals surface area (Å²) in [6.45, 7) is 0. The maximum absolute atomic E-state index is 11.4. The number of carbonyl (C=O) groups excluding carboxylic acids is 1.